The lowest BCUT2D eigenvalue weighted by molar-refractivity contribution is -0.136. The molecule has 0 saturated heterocycles. The molecule has 2 N–H and O–H groups in total. The molecule has 1 heterocycles. The molecule has 2 amide bonds. The van der Waals surface area contributed by atoms with Crippen LogP contribution in [-0.4, -0.2) is 31.4 Å². The molecule has 0 unspecified atom stereocenters. The second kappa shape index (κ2) is 8.54. The third kappa shape index (κ3) is 4.56. The van der Waals surface area contributed by atoms with Gasteiger partial charge in [0, 0.05) is 10.0 Å². The molecule has 1 aliphatic rings. The van der Waals surface area contributed by atoms with Crippen molar-refractivity contribution in [2.45, 2.75) is 6.92 Å². The number of benzene rings is 2. The quantitative estimate of drug-likeness (QED) is 0.429. The number of hydrazone groups is 1. The molecule has 0 bridgehead atoms. The van der Waals surface area contributed by atoms with Gasteiger partial charge in [0.1, 0.15) is 5.75 Å². The molecule has 0 saturated carbocycles. The van der Waals surface area contributed by atoms with Crippen LogP contribution in [0.3, 0.4) is 0 Å². The average Bonchev–Trinajstić information content (AvgIpc) is 3.10. The Balaban J connectivity index is 1.61. The number of nitrogens with zero attached hydrogens (tertiary/aromatic N) is 1. The van der Waals surface area contributed by atoms with E-state index < -0.39 is 11.8 Å². The van der Waals surface area contributed by atoms with Gasteiger partial charge < -0.3 is 19.5 Å². The van der Waals surface area contributed by atoms with E-state index in [9.17, 15) is 9.59 Å². The highest BCUT2D eigenvalue weighted by Gasteiger charge is 2.17. The molecule has 0 spiro atoms. The van der Waals surface area contributed by atoms with E-state index in [1.807, 2.05) is 6.92 Å². The van der Waals surface area contributed by atoms with E-state index in [1.165, 1.54) is 6.21 Å². The molecule has 0 aromatic heterocycles. The summed E-state index contributed by atoms with van der Waals surface area (Å²) >= 11 is 3.38. The highest BCUT2D eigenvalue weighted by Crippen LogP contribution is 2.36. The maximum atomic E-state index is 12.0. The fourth-order valence-electron chi connectivity index (χ4n) is 2.27. The smallest absolute Gasteiger partial charge is 0.329 e. The van der Waals surface area contributed by atoms with Crippen LogP contribution >= 0.6 is 15.9 Å². The summed E-state index contributed by atoms with van der Waals surface area (Å²) in [6, 6.07) is 10.3. The number of nitrogens with one attached hydrogen (secondary N) is 2. The van der Waals surface area contributed by atoms with Gasteiger partial charge in [-0.05, 0) is 47.1 Å². The van der Waals surface area contributed by atoms with Gasteiger partial charge in [-0.15, -0.1) is 0 Å². The second-order valence-electron chi connectivity index (χ2n) is 5.31. The molecule has 0 aliphatic carbocycles. The number of hydrogen-bond donors (Lipinski definition) is 2. The van der Waals surface area contributed by atoms with Crippen LogP contribution < -0.4 is 25.0 Å². The Hall–Kier alpha value is -3.07. The van der Waals surface area contributed by atoms with E-state index in [4.69, 9.17) is 14.2 Å². The van der Waals surface area contributed by atoms with Crippen molar-refractivity contribution >= 4 is 39.6 Å². The molecule has 2 aromatic rings. The summed E-state index contributed by atoms with van der Waals surface area (Å²) in [5.74, 6) is -0.0842. The number of ether oxygens (including phenoxy) is 3. The van der Waals surface area contributed by atoms with Gasteiger partial charge in [-0.3, -0.25) is 9.59 Å². The van der Waals surface area contributed by atoms with Crippen molar-refractivity contribution in [1.82, 2.24) is 5.43 Å². The minimum Gasteiger partial charge on any atom is -0.492 e. The lowest BCUT2D eigenvalue weighted by Crippen LogP contribution is -2.32. The summed E-state index contributed by atoms with van der Waals surface area (Å²) in [6.45, 7) is 2.42. The number of carbonyl (C=O) groups is 2. The monoisotopic (exact) mass is 433 g/mol. The first-order chi connectivity index (χ1) is 13.1. The second-order valence-corrected chi connectivity index (χ2v) is 6.16. The Bertz CT molecular complexity index is 901. The molecule has 1 aliphatic heterocycles. The minimum atomic E-state index is -0.908. The first-order valence-electron chi connectivity index (χ1n) is 8.04. The standard InChI is InChI=1S/C18H16BrN3O5/c1-2-25-14-6-4-3-5-13(14)21-17(23)18(24)22-20-9-11-7-15-16(8-12(11)19)27-10-26-15/h3-9H,2,10H2,1H3,(H,21,23)(H,22,24)/b20-9-. The average molecular weight is 434 g/mol. The van der Waals surface area contributed by atoms with Crippen LogP contribution in [0.2, 0.25) is 0 Å². The Morgan fingerprint density at radius 3 is 2.74 bits per heavy atom. The first kappa shape index (κ1) is 18.7. The van der Waals surface area contributed by atoms with Crippen molar-refractivity contribution in [2.24, 2.45) is 5.10 Å². The van der Waals surface area contributed by atoms with Gasteiger partial charge in [-0.1, -0.05) is 12.1 Å². The molecule has 0 radical (unpaired) electrons. The molecule has 8 nitrogen and oxygen atoms in total. The van der Waals surface area contributed by atoms with Crippen molar-refractivity contribution in [3.8, 4) is 17.2 Å². The topological polar surface area (TPSA) is 98.2 Å². The van der Waals surface area contributed by atoms with Crippen LogP contribution in [0.5, 0.6) is 17.2 Å². The van der Waals surface area contributed by atoms with Crippen LogP contribution in [0, 0.1) is 0 Å². The maximum Gasteiger partial charge on any atom is 0.329 e. The predicted molar refractivity (Wildman–Crippen MR) is 102 cm³/mol. The predicted octanol–water partition coefficient (Wildman–Crippen LogP) is 2.67. The molecule has 3 rings (SSSR count). The van der Waals surface area contributed by atoms with Crippen molar-refractivity contribution in [3.05, 3.63) is 46.4 Å². The van der Waals surface area contributed by atoms with E-state index in [0.29, 0.717) is 39.6 Å². The molecule has 9 heteroatoms. The number of halogens is 1. The van der Waals surface area contributed by atoms with E-state index >= 15 is 0 Å². The Labute approximate surface area is 163 Å². The molecule has 140 valence electrons. The summed E-state index contributed by atoms with van der Waals surface area (Å²) in [6.07, 6.45) is 1.39. The molecule has 0 fully saturated rings. The lowest BCUT2D eigenvalue weighted by Gasteiger charge is -2.10. The van der Waals surface area contributed by atoms with E-state index in [-0.39, 0.29) is 6.79 Å². The third-order valence-corrected chi connectivity index (χ3v) is 4.19. The Kier molecular flexibility index (Phi) is 5.92. The Morgan fingerprint density at radius 2 is 1.96 bits per heavy atom. The first-order valence-corrected chi connectivity index (χ1v) is 8.83. The number of para-hydroxylation sites is 2. The zero-order valence-corrected chi connectivity index (χ0v) is 15.9. The van der Waals surface area contributed by atoms with Crippen LogP contribution in [-0.2, 0) is 9.59 Å². The van der Waals surface area contributed by atoms with E-state index in [2.05, 4.69) is 31.8 Å². The van der Waals surface area contributed by atoms with Gasteiger partial charge in [0.2, 0.25) is 6.79 Å². The molecule has 2 aromatic carbocycles. The number of anilines is 1. The molecule has 27 heavy (non-hydrogen) atoms. The number of rotatable bonds is 5. The van der Waals surface area contributed by atoms with Gasteiger partial charge in [-0.2, -0.15) is 5.10 Å². The largest absolute Gasteiger partial charge is 0.492 e. The van der Waals surface area contributed by atoms with Crippen LogP contribution in [0.15, 0.2) is 46.0 Å². The summed E-state index contributed by atoms with van der Waals surface area (Å²) in [4.78, 5) is 24.0. The van der Waals surface area contributed by atoms with Crippen molar-refractivity contribution in [3.63, 3.8) is 0 Å². The van der Waals surface area contributed by atoms with Gasteiger partial charge in [0.15, 0.2) is 11.5 Å². The van der Waals surface area contributed by atoms with Crippen molar-refractivity contribution in [1.29, 1.82) is 0 Å². The van der Waals surface area contributed by atoms with E-state index in [0.717, 1.165) is 0 Å². The fraction of sp³-hybridized carbons (Fsp3) is 0.167. The van der Waals surface area contributed by atoms with Crippen LogP contribution in [0.1, 0.15) is 12.5 Å². The highest BCUT2D eigenvalue weighted by atomic mass is 79.9. The van der Waals surface area contributed by atoms with Crippen molar-refractivity contribution in [2.75, 3.05) is 18.7 Å². The SMILES string of the molecule is CCOc1ccccc1NC(=O)C(=O)N/N=C\c1cc2c(cc1Br)OCO2. The number of carbonyl (C=O) groups excluding carboxylic acids is 2. The minimum absolute atomic E-state index is 0.155. The summed E-state index contributed by atoms with van der Waals surface area (Å²) in [5, 5.41) is 6.30. The number of fused-ring (bicyclic) bond motifs is 1. The number of hydrogen-bond acceptors (Lipinski definition) is 6. The highest BCUT2D eigenvalue weighted by molar-refractivity contribution is 9.10. The van der Waals surface area contributed by atoms with Crippen LogP contribution in [0.4, 0.5) is 5.69 Å². The van der Waals surface area contributed by atoms with Gasteiger partial charge in [0.25, 0.3) is 0 Å². The molecular weight excluding hydrogens is 418 g/mol. The van der Waals surface area contributed by atoms with Gasteiger partial charge >= 0.3 is 11.8 Å². The molecular formula is C18H16BrN3O5. The maximum absolute atomic E-state index is 12.0. The summed E-state index contributed by atoms with van der Waals surface area (Å²) in [7, 11) is 0. The zero-order valence-electron chi connectivity index (χ0n) is 14.3. The fourth-order valence-corrected chi connectivity index (χ4v) is 2.70. The van der Waals surface area contributed by atoms with Gasteiger partial charge in [0.05, 0.1) is 18.5 Å². The Morgan fingerprint density at radius 1 is 1.22 bits per heavy atom. The molecule has 0 atom stereocenters. The van der Waals surface area contributed by atoms with Crippen LogP contribution in [0.25, 0.3) is 0 Å². The zero-order chi connectivity index (χ0) is 19.2. The third-order valence-electron chi connectivity index (χ3n) is 3.50. The normalized spacial score (nSPS) is 12.1. The number of amides is 2. The van der Waals surface area contributed by atoms with Crippen molar-refractivity contribution < 1.29 is 23.8 Å². The summed E-state index contributed by atoms with van der Waals surface area (Å²) < 4.78 is 16.7. The van der Waals surface area contributed by atoms with Gasteiger partial charge in [-0.25, -0.2) is 5.43 Å². The summed E-state index contributed by atoms with van der Waals surface area (Å²) in [5.41, 5.74) is 3.24. The lowest BCUT2D eigenvalue weighted by atomic mass is 10.2. The van der Waals surface area contributed by atoms with E-state index in [1.54, 1.807) is 36.4 Å².